The Bertz CT molecular complexity index is 385. The molecule has 0 spiro atoms. The first-order valence-electron chi connectivity index (χ1n) is 8.11. The van der Waals surface area contributed by atoms with Crippen molar-refractivity contribution >= 4 is 5.97 Å². The zero-order valence-corrected chi connectivity index (χ0v) is 14.2. The van der Waals surface area contributed by atoms with Gasteiger partial charge < -0.3 is 9.94 Å². The third-order valence-corrected chi connectivity index (χ3v) is 4.01. The Morgan fingerprint density at radius 1 is 1.32 bits per heavy atom. The van der Waals surface area contributed by atoms with Crippen molar-refractivity contribution in [1.82, 2.24) is 5.01 Å². The molecule has 0 saturated heterocycles. The van der Waals surface area contributed by atoms with Crippen LogP contribution in [0.5, 0.6) is 0 Å². The standard InChI is InChI=1S/C15H29N3O4/c1-5-6-11-17(15(2,3)4)18(21)16-22-13-9-7-12(8-10-13)14(19)20/h12-13H,5-11H2,1-4H3,(H-,16,19,20,21)/p+1/t12-,13+. The number of hydrogen-bond donors (Lipinski definition) is 2. The Balaban J connectivity index is 2.54. The molecule has 0 aromatic carbocycles. The fraction of sp³-hybridized carbons (Fsp3) is 0.933. The van der Waals surface area contributed by atoms with E-state index in [-0.39, 0.29) is 17.6 Å². The van der Waals surface area contributed by atoms with Crippen molar-refractivity contribution in [2.24, 2.45) is 11.2 Å². The first-order chi connectivity index (χ1) is 10.3. The molecule has 1 fully saturated rings. The summed E-state index contributed by atoms with van der Waals surface area (Å²) in [6.07, 6.45) is 4.35. The number of carbonyl (C=O) groups is 1. The second-order valence-corrected chi connectivity index (χ2v) is 6.91. The molecule has 1 aliphatic carbocycles. The summed E-state index contributed by atoms with van der Waals surface area (Å²) in [4.78, 5) is 17.1. The zero-order valence-electron chi connectivity index (χ0n) is 14.2. The van der Waals surface area contributed by atoms with E-state index in [1.54, 1.807) is 5.01 Å². The third-order valence-electron chi connectivity index (χ3n) is 4.01. The average Bonchev–Trinajstić information content (AvgIpc) is 2.44. The van der Waals surface area contributed by atoms with Gasteiger partial charge in [0.25, 0.3) is 10.2 Å². The summed E-state index contributed by atoms with van der Waals surface area (Å²) in [5.74, 6) is -1.02. The molecular weight excluding hydrogens is 286 g/mol. The van der Waals surface area contributed by atoms with Crippen LogP contribution in [-0.4, -0.2) is 44.4 Å². The molecule has 1 aliphatic rings. The molecule has 0 aliphatic heterocycles. The topological polar surface area (TPSA) is 85.4 Å². The second kappa shape index (κ2) is 8.19. The summed E-state index contributed by atoms with van der Waals surface area (Å²) in [5.41, 5.74) is -0.266. The van der Waals surface area contributed by atoms with Crippen LogP contribution in [0.4, 0.5) is 0 Å². The van der Waals surface area contributed by atoms with Gasteiger partial charge in [-0.05, 0) is 52.9 Å². The summed E-state index contributed by atoms with van der Waals surface area (Å²) in [6.45, 7) is 8.78. The van der Waals surface area contributed by atoms with Gasteiger partial charge in [0, 0.05) is 0 Å². The van der Waals surface area contributed by atoms with Crippen molar-refractivity contribution in [3.63, 3.8) is 0 Å². The summed E-state index contributed by atoms with van der Waals surface area (Å²) in [6, 6.07) is 0. The van der Waals surface area contributed by atoms with Crippen LogP contribution in [0.2, 0.25) is 0 Å². The zero-order chi connectivity index (χ0) is 16.8. The van der Waals surface area contributed by atoms with Crippen LogP contribution < -0.4 is 0 Å². The van der Waals surface area contributed by atoms with E-state index in [0.717, 1.165) is 17.8 Å². The number of unbranched alkanes of at least 4 members (excludes halogenated alkanes) is 1. The molecule has 0 unspecified atom stereocenters. The van der Waals surface area contributed by atoms with Crippen molar-refractivity contribution in [1.29, 1.82) is 0 Å². The van der Waals surface area contributed by atoms with Crippen LogP contribution >= 0.6 is 0 Å². The minimum atomic E-state index is -0.738. The van der Waals surface area contributed by atoms with Crippen molar-refractivity contribution in [3.05, 3.63) is 0 Å². The summed E-state index contributed by atoms with van der Waals surface area (Å²) in [5, 5.41) is 24.6. The van der Waals surface area contributed by atoms with Crippen LogP contribution in [0.25, 0.3) is 0 Å². The molecule has 22 heavy (non-hydrogen) atoms. The van der Waals surface area contributed by atoms with Gasteiger partial charge in [-0.1, -0.05) is 13.3 Å². The van der Waals surface area contributed by atoms with Gasteiger partial charge in [0.05, 0.1) is 18.0 Å². The Hall–Kier alpha value is -1.53. The molecule has 0 radical (unpaired) electrons. The lowest BCUT2D eigenvalue weighted by molar-refractivity contribution is -0.949. The molecule has 1 saturated carbocycles. The van der Waals surface area contributed by atoms with Crippen molar-refractivity contribution in [3.8, 4) is 0 Å². The molecule has 0 bridgehead atoms. The average molecular weight is 316 g/mol. The van der Waals surface area contributed by atoms with Gasteiger partial charge in [0.2, 0.25) is 0 Å². The Morgan fingerprint density at radius 2 is 1.91 bits per heavy atom. The molecule has 0 atom stereocenters. The van der Waals surface area contributed by atoms with Gasteiger partial charge in [-0.3, -0.25) is 4.79 Å². The lowest BCUT2D eigenvalue weighted by Crippen LogP contribution is -2.47. The number of nitrogens with zero attached hydrogens (tertiary/aromatic N) is 3. The molecule has 1 rings (SSSR count). The minimum Gasteiger partial charge on any atom is -0.481 e. The maximum atomic E-state index is 10.9. The van der Waals surface area contributed by atoms with E-state index in [4.69, 9.17) is 9.94 Å². The van der Waals surface area contributed by atoms with E-state index in [1.807, 2.05) is 20.8 Å². The SMILES string of the molecule is CCCCN(/[N+](O)=N/O[C@H]1CC[C@@H](C(=O)O)CC1)C(C)(C)C. The number of hydrogen-bond acceptors (Lipinski definition) is 3. The lowest BCUT2D eigenvalue weighted by atomic mass is 9.88. The highest BCUT2D eigenvalue weighted by atomic mass is 16.7. The predicted molar refractivity (Wildman–Crippen MR) is 80.3 cm³/mol. The van der Waals surface area contributed by atoms with Gasteiger partial charge in [-0.15, -0.1) is 5.01 Å². The highest BCUT2D eigenvalue weighted by Crippen LogP contribution is 2.26. The normalized spacial score (nSPS) is 23.2. The van der Waals surface area contributed by atoms with Crippen LogP contribution in [-0.2, 0) is 9.63 Å². The monoisotopic (exact) mass is 316 g/mol. The molecule has 0 aromatic rings. The van der Waals surface area contributed by atoms with Crippen molar-refractivity contribution in [2.45, 2.75) is 77.9 Å². The van der Waals surface area contributed by atoms with Crippen molar-refractivity contribution < 1.29 is 24.9 Å². The van der Waals surface area contributed by atoms with Crippen LogP contribution in [0.3, 0.4) is 0 Å². The minimum absolute atomic E-state index is 0.127. The first kappa shape index (κ1) is 18.5. The molecule has 7 heteroatoms. The van der Waals surface area contributed by atoms with Crippen LogP contribution in [0.1, 0.15) is 66.2 Å². The number of carboxylic acids is 1. The third kappa shape index (κ3) is 5.69. The largest absolute Gasteiger partial charge is 0.481 e. The Labute approximate surface area is 132 Å². The quantitative estimate of drug-likeness (QED) is 0.428. The predicted octanol–water partition coefficient (Wildman–Crippen LogP) is 3.23. The second-order valence-electron chi connectivity index (χ2n) is 6.91. The molecule has 7 nitrogen and oxygen atoms in total. The number of carboxylic acid groups (broad SMARTS) is 1. The molecule has 128 valence electrons. The molecular formula is C15H30N3O4+. The highest BCUT2D eigenvalue weighted by molar-refractivity contribution is 5.69. The van der Waals surface area contributed by atoms with Gasteiger partial charge in [0.1, 0.15) is 6.10 Å². The van der Waals surface area contributed by atoms with Crippen molar-refractivity contribution in [2.75, 3.05) is 6.54 Å². The van der Waals surface area contributed by atoms with E-state index in [1.165, 1.54) is 0 Å². The highest BCUT2D eigenvalue weighted by Gasteiger charge is 2.33. The van der Waals surface area contributed by atoms with Gasteiger partial charge in [0.15, 0.2) is 0 Å². The van der Waals surface area contributed by atoms with E-state index in [0.29, 0.717) is 32.2 Å². The number of hydrazine groups is 1. The molecule has 0 aromatic heterocycles. The lowest BCUT2D eigenvalue weighted by Gasteiger charge is -2.26. The Morgan fingerprint density at radius 3 is 2.36 bits per heavy atom. The number of rotatable bonds is 7. The maximum Gasteiger partial charge on any atom is 0.306 e. The van der Waals surface area contributed by atoms with Crippen LogP contribution in [0.15, 0.2) is 5.28 Å². The summed E-state index contributed by atoms with van der Waals surface area (Å²) >= 11 is 0. The van der Waals surface area contributed by atoms with E-state index in [2.05, 4.69) is 12.2 Å². The summed E-state index contributed by atoms with van der Waals surface area (Å²) in [7, 11) is 0. The van der Waals surface area contributed by atoms with E-state index < -0.39 is 5.97 Å². The first-order valence-corrected chi connectivity index (χ1v) is 8.11. The fourth-order valence-corrected chi connectivity index (χ4v) is 2.57. The molecule has 0 heterocycles. The van der Waals surface area contributed by atoms with E-state index >= 15 is 0 Å². The van der Waals surface area contributed by atoms with E-state index in [9.17, 15) is 10.0 Å². The maximum absolute atomic E-state index is 10.9. The molecule has 2 N–H and O–H groups in total. The van der Waals surface area contributed by atoms with Crippen LogP contribution in [0, 0.1) is 5.92 Å². The Kier molecular flexibility index (Phi) is 6.90. The summed E-state index contributed by atoms with van der Waals surface area (Å²) < 4.78 is 0. The number of aliphatic carboxylic acids is 1. The molecule has 0 amide bonds. The smallest absolute Gasteiger partial charge is 0.306 e. The van der Waals surface area contributed by atoms with Gasteiger partial charge in [-0.25, -0.2) is 5.21 Å². The fourth-order valence-electron chi connectivity index (χ4n) is 2.57. The van der Waals surface area contributed by atoms with Gasteiger partial charge in [-0.2, -0.15) is 0 Å². The van der Waals surface area contributed by atoms with Gasteiger partial charge >= 0.3 is 5.97 Å².